The lowest BCUT2D eigenvalue weighted by molar-refractivity contribution is 0.870. The molecule has 3 nitrogen and oxygen atoms in total. The molecule has 0 aromatic carbocycles. The molecule has 1 N–H and O–H groups in total. The maximum Gasteiger partial charge on any atom is 0.145 e. The van der Waals surface area contributed by atoms with Crippen LogP contribution in [0.5, 0.6) is 0 Å². The Bertz CT molecular complexity index is 465. The molecule has 0 amide bonds. The van der Waals surface area contributed by atoms with Gasteiger partial charge in [-0.05, 0) is 43.2 Å². The highest BCUT2D eigenvalue weighted by molar-refractivity contribution is 7.07. The highest BCUT2D eigenvalue weighted by atomic mass is 32.1. The first kappa shape index (κ1) is 11.1. The molecule has 1 unspecified atom stereocenters. The summed E-state index contributed by atoms with van der Waals surface area (Å²) in [5.74, 6) is 0.835. The Kier molecular flexibility index (Phi) is 3.19. The molecule has 2 heterocycles. The number of thiophene rings is 1. The summed E-state index contributed by atoms with van der Waals surface area (Å²) in [6.45, 7) is 6.07. The largest absolute Gasteiger partial charge is 0.362 e. The van der Waals surface area contributed by atoms with Crippen LogP contribution in [-0.2, 0) is 0 Å². The van der Waals surface area contributed by atoms with Gasteiger partial charge < -0.3 is 5.32 Å². The van der Waals surface area contributed by atoms with Crippen LogP contribution in [0.3, 0.4) is 0 Å². The fourth-order valence-corrected chi connectivity index (χ4v) is 2.19. The number of nitrogens with zero attached hydrogens (tertiary/aromatic N) is 2. The second-order valence-corrected chi connectivity index (χ2v) is 4.63. The zero-order valence-electron chi connectivity index (χ0n) is 9.69. The van der Waals surface area contributed by atoms with Crippen molar-refractivity contribution < 1.29 is 0 Å². The average molecular weight is 233 g/mol. The topological polar surface area (TPSA) is 37.8 Å². The van der Waals surface area contributed by atoms with Crippen LogP contribution in [0.25, 0.3) is 0 Å². The van der Waals surface area contributed by atoms with E-state index in [4.69, 9.17) is 0 Å². The van der Waals surface area contributed by atoms with E-state index < -0.39 is 0 Å². The second kappa shape index (κ2) is 4.61. The number of rotatable bonds is 3. The van der Waals surface area contributed by atoms with Crippen LogP contribution in [0.4, 0.5) is 5.82 Å². The lowest BCUT2D eigenvalue weighted by atomic mass is 10.2. The van der Waals surface area contributed by atoms with Crippen molar-refractivity contribution in [3.63, 3.8) is 0 Å². The number of hydrogen-bond acceptors (Lipinski definition) is 4. The van der Waals surface area contributed by atoms with Crippen molar-refractivity contribution in [1.82, 2.24) is 9.97 Å². The summed E-state index contributed by atoms with van der Waals surface area (Å²) in [5, 5.41) is 7.57. The normalized spacial score (nSPS) is 12.4. The van der Waals surface area contributed by atoms with Crippen LogP contribution < -0.4 is 5.32 Å². The van der Waals surface area contributed by atoms with Gasteiger partial charge in [-0.2, -0.15) is 11.3 Å². The van der Waals surface area contributed by atoms with Crippen molar-refractivity contribution in [2.24, 2.45) is 0 Å². The minimum atomic E-state index is 0.266. The molecule has 16 heavy (non-hydrogen) atoms. The van der Waals surface area contributed by atoms with Crippen molar-refractivity contribution in [1.29, 1.82) is 0 Å². The van der Waals surface area contributed by atoms with Gasteiger partial charge >= 0.3 is 0 Å². The SMILES string of the molecule is Cc1ncc(NC(C)c2ccsc2)nc1C. The van der Waals surface area contributed by atoms with Crippen LogP contribution in [0.1, 0.15) is 29.9 Å². The molecule has 0 spiro atoms. The third kappa shape index (κ3) is 2.39. The lowest BCUT2D eigenvalue weighted by Crippen LogP contribution is -2.08. The molecular weight excluding hydrogens is 218 g/mol. The van der Waals surface area contributed by atoms with Gasteiger partial charge in [-0.1, -0.05) is 0 Å². The van der Waals surface area contributed by atoms with Gasteiger partial charge in [0.25, 0.3) is 0 Å². The zero-order valence-corrected chi connectivity index (χ0v) is 10.5. The summed E-state index contributed by atoms with van der Waals surface area (Å²) in [6, 6.07) is 2.39. The van der Waals surface area contributed by atoms with Crippen LogP contribution in [0.15, 0.2) is 23.0 Å². The highest BCUT2D eigenvalue weighted by Gasteiger charge is 2.07. The van der Waals surface area contributed by atoms with Gasteiger partial charge in [-0.3, -0.25) is 4.98 Å². The zero-order chi connectivity index (χ0) is 11.5. The summed E-state index contributed by atoms with van der Waals surface area (Å²) >= 11 is 1.71. The monoisotopic (exact) mass is 233 g/mol. The summed E-state index contributed by atoms with van der Waals surface area (Å²) in [6.07, 6.45) is 1.78. The Labute approximate surface area is 99.6 Å². The molecule has 4 heteroatoms. The van der Waals surface area contributed by atoms with Gasteiger partial charge in [0, 0.05) is 0 Å². The average Bonchev–Trinajstić information content (AvgIpc) is 2.77. The summed E-state index contributed by atoms with van der Waals surface area (Å²) < 4.78 is 0. The van der Waals surface area contributed by atoms with Gasteiger partial charge in [0.05, 0.1) is 23.6 Å². The number of anilines is 1. The standard InChI is InChI=1S/C12H15N3S/c1-8-9(2)14-12(6-13-8)15-10(3)11-4-5-16-7-11/h4-7,10H,1-3H3,(H,14,15). The Morgan fingerprint density at radius 1 is 1.31 bits per heavy atom. The van der Waals surface area contributed by atoms with Crippen LogP contribution in [0, 0.1) is 13.8 Å². The van der Waals surface area contributed by atoms with Gasteiger partial charge in [0.15, 0.2) is 0 Å². The molecule has 0 aliphatic heterocycles. The summed E-state index contributed by atoms with van der Waals surface area (Å²) in [4.78, 5) is 8.74. The maximum absolute atomic E-state index is 4.45. The molecule has 0 fully saturated rings. The summed E-state index contributed by atoms with van der Waals surface area (Å²) in [5.41, 5.74) is 3.24. The quantitative estimate of drug-likeness (QED) is 0.883. The van der Waals surface area contributed by atoms with Gasteiger partial charge in [-0.25, -0.2) is 4.98 Å². The predicted molar refractivity (Wildman–Crippen MR) is 67.9 cm³/mol. The molecule has 0 aliphatic rings. The lowest BCUT2D eigenvalue weighted by Gasteiger charge is -2.13. The molecule has 0 radical (unpaired) electrons. The molecule has 0 saturated heterocycles. The molecule has 0 aliphatic carbocycles. The molecule has 0 bridgehead atoms. The first-order chi connectivity index (χ1) is 7.66. The highest BCUT2D eigenvalue weighted by Crippen LogP contribution is 2.19. The molecular formula is C12H15N3S. The van der Waals surface area contributed by atoms with E-state index in [1.54, 1.807) is 17.5 Å². The third-order valence-corrected chi connectivity index (χ3v) is 3.30. The Balaban J connectivity index is 2.12. The Hall–Kier alpha value is -1.42. The van der Waals surface area contributed by atoms with Gasteiger partial charge in [-0.15, -0.1) is 0 Å². The van der Waals surface area contributed by atoms with Gasteiger partial charge in [0.2, 0.25) is 0 Å². The summed E-state index contributed by atoms with van der Waals surface area (Å²) in [7, 11) is 0. The Morgan fingerprint density at radius 2 is 2.12 bits per heavy atom. The number of aryl methyl sites for hydroxylation is 2. The number of aromatic nitrogens is 2. The van der Waals surface area contributed by atoms with E-state index in [1.807, 2.05) is 13.8 Å². The van der Waals surface area contributed by atoms with E-state index in [9.17, 15) is 0 Å². The minimum Gasteiger partial charge on any atom is -0.362 e. The fourth-order valence-electron chi connectivity index (χ4n) is 1.44. The van der Waals surface area contributed by atoms with E-state index in [1.165, 1.54) is 5.56 Å². The predicted octanol–water partition coefficient (Wildman–Crippen LogP) is 3.33. The third-order valence-electron chi connectivity index (χ3n) is 2.60. The van der Waals surface area contributed by atoms with E-state index in [2.05, 4.69) is 39.0 Å². The van der Waals surface area contributed by atoms with Crippen LogP contribution in [0.2, 0.25) is 0 Å². The van der Waals surface area contributed by atoms with Crippen LogP contribution >= 0.6 is 11.3 Å². The number of hydrogen-bond donors (Lipinski definition) is 1. The maximum atomic E-state index is 4.45. The fraction of sp³-hybridized carbons (Fsp3) is 0.333. The van der Waals surface area contributed by atoms with E-state index in [0.29, 0.717) is 0 Å². The van der Waals surface area contributed by atoms with Crippen molar-refractivity contribution in [3.8, 4) is 0 Å². The second-order valence-electron chi connectivity index (χ2n) is 3.85. The van der Waals surface area contributed by atoms with Crippen molar-refractivity contribution >= 4 is 17.2 Å². The van der Waals surface area contributed by atoms with E-state index in [-0.39, 0.29) is 6.04 Å². The minimum absolute atomic E-state index is 0.266. The molecule has 0 saturated carbocycles. The van der Waals surface area contributed by atoms with Gasteiger partial charge in [0.1, 0.15) is 5.82 Å². The first-order valence-electron chi connectivity index (χ1n) is 5.25. The van der Waals surface area contributed by atoms with E-state index in [0.717, 1.165) is 17.2 Å². The van der Waals surface area contributed by atoms with Crippen molar-refractivity contribution in [3.05, 3.63) is 40.0 Å². The first-order valence-corrected chi connectivity index (χ1v) is 6.20. The van der Waals surface area contributed by atoms with Crippen LogP contribution in [-0.4, -0.2) is 9.97 Å². The molecule has 84 valence electrons. The Morgan fingerprint density at radius 3 is 2.75 bits per heavy atom. The van der Waals surface area contributed by atoms with E-state index >= 15 is 0 Å². The smallest absolute Gasteiger partial charge is 0.145 e. The molecule has 2 aromatic heterocycles. The molecule has 1 atom stereocenters. The number of nitrogens with one attached hydrogen (secondary N) is 1. The van der Waals surface area contributed by atoms with Crippen molar-refractivity contribution in [2.45, 2.75) is 26.8 Å². The van der Waals surface area contributed by atoms with Crippen molar-refractivity contribution in [2.75, 3.05) is 5.32 Å². The molecule has 2 aromatic rings. The molecule has 2 rings (SSSR count).